The van der Waals surface area contributed by atoms with Crippen molar-refractivity contribution < 1.29 is 9.59 Å². The molecule has 1 fully saturated rings. The minimum absolute atomic E-state index is 0.0761. The Morgan fingerprint density at radius 2 is 2.23 bits per heavy atom. The lowest BCUT2D eigenvalue weighted by Gasteiger charge is -2.30. The van der Waals surface area contributed by atoms with Crippen LogP contribution in [0.5, 0.6) is 0 Å². The van der Waals surface area contributed by atoms with Crippen molar-refractivity contribution in [3.63, 3.8) is 0 Å². The van der Waals surface area contributed by atoms with E-state index in [1.165, 1.54) is 6.42 Å². The molecule has 0 aliphatic carbocycles. The number of anilines is 1. The summed E-state index contributed by atoms with van der Waals surface area (Å²) < 4.78 is 0. The van der Waals surface area contributed by atoms with E-state index < -0.39 is 0 Å². The highest BCUT2D eigenvalue weighted by Crippen LogP contribution is 2.15. The lowest BCUT2D eigenvalue weighted by atomic mass is 10.0. The summed E-state index contributed by atoms with van der Waals surface area (Å²) in [6.45, 7) is 6.03. The van der Waals surface area contributed by atoms with Gasteiger partial charge in [0.1, 0.15) is 5.82 Å². The van der Waals surface area contributed by atoms with Crippen LogP contribution in [0.2, 0.25) is 0 Å². The number of hydrogen-bond donors (Lipinski definition) is 2. The van der Waals surface area contributed by atoms with E-state index in [0.717, 1.165) is 25.1 Å². The quantitative estimate of drug-likeness (QED) is 0.895. The SMILES string of the molecule is Cc1ccc(NC(=O)CCNC(=O)N2CCCC(C)C2)nc1. The Morgan fingerprint density at radius 3 is 2.91 bits per heavy atom. The molecule has 1 aromatic rings. The molecule has 1 saturated heterocycles. The van der Waals surface area contributed by atoms with Gasteiger partial charge in [0.05, 0.1) is 0 Å². The van der Waals surface area contributed by atoms with E-state index in [2.05, 4.69) is 22.5 Å². The van der Waals surface area contributed by atoms with Crippen LogP contribution >= 0.6 is 0 Å². The standard InChI is InChI=1S/C16H24N4O2/c1-12-5-6-14(18-10-12)19-15(21)7-8-17-16(22)20-9-3-4-13(2)11-20/h5-6,10,13H,3-4,7-9,11H2,1-2H3,(H,17,22)(H,18,19,21). The van der Waals surface area contributed by atoms with Gasteiger partial charge in [-0.2, -0.15) is 0 Å². The van der Waals surface area contributed by atoms with Gasteiger partial charge in [0, 0.05) is 32.3 Å². The largest absolute Gasteiger partial charge is 0.337 e. The predicted molar refractivity (Wildman–Crippen MR) is 85.6 cm³/mol. The van der Waals surface area contributed by atoms with Crippen molar-refractivity contribution in [2.45, 2.75) is 33.1 Å². The second-order valence-corrected chi connectivity index (χ2v) is 5.94. The van der Waals surface area contributed by atoms with E-state index in [1.54, 1.807) is 12.3 Å². The van der Waals surface area contributed by atoms with Crippen LogP contribution in [0, 0.1) is 12.8 Å². The molecule has 0 spiro atoms. The Morgan fingerprint density at radius 1 is 1.41 bits per heavy atom. The molecule has 6 nitrogen and oxygen atoms in total. The minimum Gasteiger partial charge on any atom is -0.337 e. The number of urea groups is 1. The van der Waals surface area contributed by atoms with Crippen LogP contribution in [0.1, 0.15) is 31.7 Å². The van der Waals surface area contributed by atoms with E-state index in [1.807, 2.05) is 17.9 Å². The van der Waals surface area contributed by atoms with Crippen LogP contribution in [-0.2, 0) is 4.79 Å². The number of amides is 3. The molecule has 2 N–H and O–H groups in total. The number of nitrogens with zero attached hydrogens (tertiary/aromatic N) is 2. The molecule has 1 aliphatic rings. The number of aryl methyl sites for hydroxylation is 1. The Bertz CT molecular complexity index is 515. The van der Waals surface area contributed by atoms with E-state index >= 15 is 0 Å². The third-order valence-electron chi connectivity index (χ3n) is 3.75. The fraction of sp³-hybridized carbons (Fsp3) is 0.562. The summed E-state index contributed by atoms with van der Waals surface area (Å²) in [4.78, 5) is 29.7. The topological polar surface area (TPSA) is 74.3 Å². The molecular formula is C16H24N4O2. The van der Waals surface area contributed by atoms with Crippen LogP contribution < -0.4 is 10.6 Å². The van der Waals surface area contributed by atoms with Crippen molar-refractivity contribution in [3.8, 4) is 0 Å². The van der Waals surface area contributed by atoms with Crippen molar-refractivity contribution in [2.24, 2.45) is 5.92 Å². The van der Waals surface area contributed by atoms with Crippen molar-refractivity contribution in [1.82, 2.24) is 15.2 Å². The Balaban J connectivity index is 1.68. The van der Waals surface area contributed by atoms with Gasteiger partial charge in [-0.05, 0) is 37.3 Å². The first kappa shape index (κ1) is 16.3. The molecule has 2 heterocycles. The van der Waals surface area contributed by atoms with Crippen LogP contribution in [0.3, 0.4) is 0 Å². The molecule has 0 saturated carbocycles. The molecule has 1 aromatic heterocycles. The van der Waals surface area contributed by atoms with Crippen molar-refractivity contribution in [3.05, 3.63) is 23.9 Å². The molecule has 0 aromatic carbocycles. The second-order valence-electron chi connectivity index (χ2n) is 5.94. The molecule has 1 aliphatic heterocycles. The van der Waals surface area contributed by atoms with Crippen molar-refractivity contribution in [2.75, 3.05) is 25.0 Å². The van der Waals surface area contributed by atoms with Gasteiger partial charge in [0.25, 0.3) is 0 Å². The number of aromatic nitrogens is 1. The highest BCUT2D eigenvalue weighted by atomic mass is 16.2. The first-order valence-electron chi connectivity index (χ1n) is 7.80. The average molecular weight is 304 g/mol. The maximum Gasteiger partial charge on any atom is 0.317 e. The number of nitrogens with one attached hydrogen (secondary N) is 2. The zero-order chi connectivity index (χ0) is 15.9. The monoisotopic (exact) mass is 304 g/mol. The van der Waals surface area contributed by atoms with Crippen LogP contribution in [-0.4, -0.2) is 41.5 Å². The lowest BCUT2D eigenvalue weighted by Crippen LogP contribution is -2.45. The zero-order valence-electron chi connectivity index (χ0n) is 13.3. The Labute approximate surface area is 131 Å². The van der Waals surface area contributed by atoms with E-state index in [-0.39, 0.29) is 18.4 Å². The van der Waals surface area contributed by atoms with Gasteiger partial charge in [-0.3, -0.25) is 4.79 Å². The third-order valence-corrected chi connectivity index (χ3v) is 3.75. The smallest absolute Gasteiger partial charge is 0.317 e. The highest BCUT2D eigenvalue weighted by molar-refractivity contribution is 5.90. The molecule has 1 atom stereocenters. The fourth-order valence-electron chi connectivity index (χ4n) is 2.52. The maximum atomic E-state index is 12.0. The lowest BCUT2D eigenvalue weighted by molar-refractivity contribution is -0.116. The highest BCUT2D eigenvalue weighted by Gasteiger charge is 2.20. The van der Waals surface area contributed by atoms with E-state index in [9.17, 15) is 9.59 Å². The number of pyridine rings is 1. The van der Waals surface area contributed by atoms with Gasteiger partial charge >= 0.3 is 6.03 Å². The maximum absolute atomic E-state index is 12.0. The second kappa shape index (κ2) is 7.77. The van der Waals surface area contributed by atoms with Gasteiger partial charge < -0.3 is 15.5 Å². The van der Waals surface area contributed by atoms with Crippen molar-refractivity contribution >= 4 is 17.8 Å². The normalized spacial score (nSPS) is 17.9. The van der Waals surface area contributed by atoms with Gasteiger partial charge in [0.15, 0.2) is 0 Å². The van der Waals surface area contributed by atoms with Crippen LogP contribution in [0.4, 0.5) is 10.6 Å². The molecule has 1 unspecified atom stereocenters. The number of likely N-dealkylation sites (tertiary alicyclic amines) is 1. The third kappa shape index (κ3) is 5.02. The van der Waals surface area contributed by atoms with E-state index in [0.29, 0.717) is 18.3 Å². The fourth-order valence-corrected chi connectivity index (χ4v) is 2.52. The molecule has 6 heteroatoms. The molecule has 22 heavy (non-hydrogen) atoms. The zero-order valence-corrected chi connectivity index (χ0v) is 13.3. The van der Waals surface area contributed by atoms with Crippen molar-refractivity contribution in [1.29, 1.82) is 0 Å². The first-order valence-corrected chi connectivity index (χ1v) is 7.80. The summed E-state index contributed by atoms with van der Waals surface area (Å²) in [5.41, 5.74) is 1.04. The first-order chi connectivity index (χ1) is 10.5. The average Bonchev–Trinajstić information content (AvgIpc) is 2.49. The Kier molecular flexibility index (Phi) is 5.75. The summed E-state index contributed by atoms with van der Waals surface area (Å²) in [6, 6.07) is 3.58. The molecule has 3 amide bonds. The number of carbonyl (C=O) groups is 2. The number of hydrogen-bond acceptors (Lipinski definition) is 3. The van der Waals surface area contributed by atoms with Gasteiger partial charge in [-0.1, -0.05) is 13.0 Å². The van der Waals surface area contributed by atoms with Crippen LogP contribution in [0.15, 0.2) is 18.3 Å². The number of piperidine rings is 1. The summed E-state index contributed by atoms with van der Waals surface area (Å²) in [6.07, 6.45) is 4.17. The van der Waals surface area contributed by atoms with Gasteiger partial charge in [-0.25, -0.2) is 9.78 Å². The molecular weight excluding hydrogens is 280 g/mol. The molecule has 2 rings (SSSR count). The van der Waals surface area contributed by atoms with Gasteiger partial charge in [-0.15, -0.1) is 0 Å². The van der Waals surface area contributed by atoms with E-state index in [4.69, 9.17) is 0 Å². The molecule has 0 bridgehead atoms. The predicted octanol–water partition coefficient (Wildman–Crippen LogP) is 2.16. The molecule has 120 valence electrons. The number of carbonyl (C=O) groups excluding carboxylic acids is 2. The summed E-state index contributed by atoms with van der Waals surface area (Å²) in [7, 11) is 0. The summed E-state index contributed by atoms with van der Waals surface area (Å²) >= 11 is 0. The Hall–Kier alpha value is -2.11. The summed E-state index contributed by atoms with van der Waals surface area (Å²) in [5, 5.41) is 5.52. The summed E-state index contributed by atoms with van der Waals surface area (Å²) in [5.74, 6) is 0.936. The molecule has 0 radical (unpaired) electrons. The number of rotatable bonds is 4. The van der Waals surface area contributed by atoms with Crippen LogP contribution in [0.25, 0.3) is 0 Å². The van der Waals surface area contributed by atoms with Gasteiger partial charge in [0.2, 0.25) is 5.91 Å². The minimum atomic E-state index is -0.149.